The van der Waals surface area contributed by atoms with E-state index in [2.05, 4.69) is 21.9 Å². The predicted molar refractivity (Wildman–Crippen MR) is 120 cm³/mol. The summed E-state index contributed by atoms with van der Waals surface area (Å²) in [5.74, 6) is 0.0377. The zero-order chi connectivity index (χ0) is 22.2. The molecule has 2 fully saturated rings. The summed E-state index contributed by atoms with van der Waals surface area (Å²) in [6.07, 6.45) is 8.05. The molecule has 2 aromatic heterocycles. The minimum Gasteiger partial charge on any atom is -0.317 e. The summed E-state index contributed by atoms with van der Waals surface area (Å²) in [4.78, 5) is 36.8. The van der Waals surface area contributed by atoms with Crippen molar-refractivity contribution in [3.05, 3.63) is 41.1 Å². The van der Waals surface area contributed by atoms with Gasteiger partial charge in [-0.2, -0.15) is 5.10 Å². The van der Waals surface area contributed by atoms with Crippen LogP contribution in [-0.4, -0.2) is 43.8 Å². The smallest absolute Gasteiger partial charge is 0.317 e. The standard InChI is InChI=1S/C23H28N6O3/c1-27-20-12-16(17-13-25-28(14-17)11-8-15-6-9-24-10-7-15)2-3-18(20)29(23(27)32)19-4-5-21(30)26-22(19)31/h2-3,12-15,19,24H,4-11H2,1H3,(H,26,30,31). The number of nitrogens with zero attached hydrogens (tertiary/aromatic N) is 4. The Balaban J connectivity index is 1.40. The lowest BCUT2D eigenvalue weighted by atomic mass is 9.95. The SMILES string of the molecule is Cn1c(=O)n(C2CCC(=O)NC2=O)c2ccc(-c3cnn(CCC4CCNCC4)c3)cc21. The van der Waals surface area contributed by atoms with E-state index in [1.54, 1.807) is 11.6 Å². The lowest BCUT2D eigenvalue weighted by Gasteiger charge is -2.22. The third kappa shape index (κ3) is 3.77. The summed E-state index contributed by atoms with van der Waals surface area (Å²) < 4.78 is 5.06. The van der Waals surface area contributed by atoms with Crippen molar-refractivity contribution < 1.29 is 9.59 Å². The Kier molecular flexibility index (Phi) is 5.42. The van der Waals surface area contributed by atoms with Gasteiger partial charge in [0.2, 0.25) is 11.8 Å². The van der Waals surface area contributed by atoms with Crippen molar-refractivity contribution in [1.29, 1.82) is 0 Å². The van der Waals surface area contributed by atoms with Gasteiger partial charge >= 0.3 is 5.69 Å². The average Bonchev–Trinajstić information content (AvgIpc) is 3.37. The Morgan fingerprint density at radius 1 is 1.06 bits per heavy atom. The number of hydrogen-bond acceptors (Lipinski definition) is 5. The van der Waals surface area contributed by atoms with Crippen molar-refractivity contribution >= 4 is 22.8 Å². The van der Waals surface area contributed by atoms with Crippen LogP contribution in [0.2, 0.25) is 0 Å². The van der Waals surface area contributed by atoms with Gasteiger partial charge in [0.05, 0.1) is 17.2 Å². The lowest BCUT2D eigenvalue weighted by molar-refractivity contribution is -0.135. The van der Waals surface area contributed by atoms with Crippen LogP contribution in [0.4, 0.5) is 0 Å². The van der Waals surface area contributed by atoms with Crippen molar-refractivity contribution in [2.75, 3.05) is 13.1 Å². The minimum absolute atomic E-state index is 0.230. The van der Waals surface area contributed by atoms with Gasteiger partial charge in [0.1, 0.15) is 6.04 Å². The zero-order valence-corrected chi connectivity index (χ0v) is 18.2. The molecule has 9 nitrogen and oxygen atoms in total. The number of carbonyl (C=O) groups excluding carboxylic acids is 2. The average molecular weight is 437 g/mol. The third-order valence-electron chi connectivity index (χ3n) is 6.80. The second-order valence-corrected chi connectivity index (χ2v) is 8.86. The number of piperidine rings is 2. The predicted octanol–water partition coefficient (Wildman–Crippen LogP) is 1.57. The van der Waals surface area contributed by atoms with E-state index in [-0.39, 0.29) is 18.0 Å². The molecule has 2 aliphatic heterocycles. The Morgan fingerprint density at radius 3 is 2.66 bits per heavy atom. The highest BCUT2D eigenvalue weighted by Crippen LogP contribution is 2.27. The van der Waals surface area contributed by atoms with E-state index < -0.39 is 11.9 Å². The van der Waals surface area contributed by atoms with E-state index in [0.717, 1.165) is 48.6 Å². The fourth-order valence-corrected chi connectivity index (χ4v) is 4.89. The molecule has 0 aliphatic carbocycles. The fraction of sp³-hybridized carbons (Fsp3) is 0.478. The quantitative estimate of drug-likeness (QED) is 0.591. The molecule has 1 atom stereocenters. The maximum Gasteiger partial charge on any atom is 0.329 e. The molecule has 5 rings (SSSR count). The van der Waals surface area contributed by atoms with Crippen molar-refractivity contribution in [3.63, 3.8) is 0 Å². The van der Waals surface area contributed by atoms with Gasteiger partial charge in [-0.15, -0.1) is 0 Å². The van der Waals surface area contributed by atoms with E-state index in [1.165, 1.54) is 17.4 Å². The molecule has 3 aromatic rings. The monoisotopic (exact) mass is 436 g/mol. The summed E-state index contributed by atoms with van der Waals surface area (Å²) >= 11 is 0. The maximum absolute atomic E-state index is 12.9. The van der Waals surface area contributed by atoms with Crippen molar-refractivity contribution in [1.82, 2.24) is 29.5 Å². The van der Waals surface area contributed by atoms with E-state index >= 15 is 0 Å². The van der Waals surface area contributed by atoms with Crippen LogP contribution in [0.5, 0.6) is 0 Å². The number of imide groups is 1. The third-order valence-corrected chi connectivity index (χ3v) is 6.80. The van der Waals surface area contributed by atoms with Crippen LogP contribution < -0.4 is 16.3 Å². The van der Waals surface area contributed by atoms with Gasteiger partial charge in [0.25, 0.3) is 0 Å². The number of rotatable bonds is 5. The van der Waals surface area contributed by atoms with Gasteiger partial charge in [-0.3, -0.25) is 28.7 Å². The highest BCUT2D eigenvalue weighted by atomic mass is 16.2. The number of nitrogens with one attached hydrogen (secondary N) is 2. The molecule has 0 saturated carbocycles. The molecule has 168 valence electrons. The van der Waals surface area contributed by atoms with Crippen LogP contribution in [-0.2, 0) is 23.2 Å². The highest BCUT2D eigenvalue weighted by molar-refractivity contribution is 6.00. The summed E-state index contributed by atoms with van der Waals surface area (Å²) in [6.45, 7) is 3.11. The van der Waals surface area contributed by atoms with Gasteiger partial charge in [-0.25, -0.2) is 4.79 Å². The Labute approximate surface area is 185 Å². The van der Waals surface area contributed by atoms with Crippen molar-refractivity contribution in [2.24, 2.45) is 13.0 Å². The molecule has 9 heteroatoms. The molecule has 0 radical (unpaired) electrons. The maximum atomic E-state index is 12.9. The first-order chi connectivity index (χ1) is 15.5. The van der Waals surface area contributed by atoms with Crippen molar-refractivity contribution in [3.8, 4) is 11.1 Å². The van der Waals surface area contributed by atoms with Crippen LogP contribution in [0.3, 0.4) is 0 Å². The number of imidazole rings is 1. The number of hydrogen-bond donors (Lipinski definition) is 2. The van der Waals surface area contributed by atoms with Gasteiger partial charge in [0, 0.05) is 31.8 Å². The number of aromatic nitrogens is 4. The molecule has 2 aliphatic rings. The van der Waals surface area contributed by atoms with Gasteiger partial charge in [-0.1, -0.05) is 6.07 Å². The van der Waals surface area contributed by atoms with Crippen molar-refractivity contribution in [2.45, 2.75) is 44.7 Å². The van der Waals surface area contributed by atoms with Crippen LogP contribution in [0, 0.1) is 5.92 Å². The highest BCUT2D eigenvalue weighted by Gasteiger charge is 2.31. The van der Waals surface area contributed by atoms with Crippen LogP contribution in [0.1, 0.15) is 38.1 Å². The largest absolute Gasteiger partial charge is 0.329 e. The molecule has 2 N–H and O–H groups in total. The number of benzene rings is 1. The minimum atomic E-state index is -0.674. The summed E-state index contributed by atoms with van der Waals surface area (Å²) in [5.41, 5.74) is 3.15. The lowest BCUT2D eigenvalue weighted by Crippen LogP contribution is -2.44. The molecule has 0 spiro atoms. The fourth-order valence-electron chi connectivity index (χ4n) is 4.89. The number of amides is 2. The number of aryl methyl sites for hydroxylation is 2. The first-order valence-corrected chi connectivity index (χ1v) is 11.3. The normalized spacial score (nSPS) is 20.1. The van der Waals surface area contributed by atoms with E-state index in [4.69, 9.17) is 0 Å². The van der Waals surface area contributed by atoms with Gasteiger partial charge in [-0.05, 0) is 62.4 Å². The van der Waals surface area contributed by atoms with E-state index in [9.17, 15) is 14.4 Å². The van der Waals surface area contributed by atoms with Gasteiger partial charge in [0.15, 0.2) is 0 Å². The summed E-state index contributed by atoms with van der Waals surface area (Å²) in [7, 11) is 1.71. The van der Waals surface area contributed by atoms with E-state index in [0.29, 0.717) is 11.9 Å². The number of fused-ring (bicyclic) bond motifs is 1. The molecular weight excluding hydrogens is 408 g/mol. The molecule has 2 amide bonds. The topological polar surface area (TPSA) is 103 Å². The molecular formula is C23H28N6O3. The Hall–Kier alpha value is -3.20. The Bertz CT molecular complexity index is 1230. The Morgan fingerprint density at radius 2 is 1.88 bits per heavy atom. The molecule has 1 unspecified atom stereocenters. The first-order valence-electron chi connectivity index (χ1n) is 11.3. The van der Waals surface area contributed by atoms with Crippen LogP contribution in [0.25, 0.3) is 22.2 Å². The van der Waals surface area contributed by atoms with Crippen LogP contribution in [0.15, 0.2) is 35.4 Å². The summed E-state index contributed by atoms with van der Waals surface area (Å²) in [5, 5.41) is 10.3. The molecule has 1 aromatic carbocycles. The summed E-state index contributed by atoms with van der Waals surface area (Å²) in [6, 6.07) is 5.13. The molecule has 2 saturated heterocycles. The molecule has 32 heavy (non-hydrogen) atoms. The van der Waals surface area contributed by atoms with Crippen LogP contribution >= 0.6 is 0 Å². The van der Waals surface area contributed by atoms with Gasteiger partial charge < -0.3 is 5.32 Å². The number of carbonyl (C=O) groups is 2. The molecule has 0 bridgehead atoms. The zero-order valence-electron chi connectivity index (χ0n) is 18.2. The molecule has 4 heterocycles. The second-order valence-electron chi connectivity index (χ2n) is 8.86. The second kappa shape index (κ2) is 8.38. The first kappa shape index (κ1) is 20.7. The van der Waals surface area contributed by atoms with E-state index in [1.807, 2.05) is 29.1 Å².